The number of nitrogens with one attached hydrogen (secondary N) is 1. The Bertz CT molecular complexity index is 1150. The third kappa shape index (κ3) is 3.11. The summed E-state index contributed by atoms with van der Waals surface area (Å²) in [7, 11) is 0. The standard InChI is InChI=1S/C18H16N6OS/c1-11-5-3-7-13(9-11)24-18(21-22-23-24)26-10-15-19-16-12(2)6-4-8-14(16)17(25)20-15/h3-9H,10H2,1-2H3,(H,19,20,25). The number of tetrazole rings is 1. The van der Waals surface area contributed by atoms with Gasteiger partial charge in [-0.1, -0.05) is 36.0 Å². The van der Waals surface area contributed by atoms with Crippen LogP contribution in [-0.4, -0.2) is 30.2 Å². The Morgan fingerprint density at radius 3 is 2.85 bits per heavy atom. The summed E-state index contributed by atoms with van der Waals surface area (Å²) < 4.78 is 1.68. The Morgan fingerprint density at radius 2 is 2.00 bits per heavy atom. The predicted octanol–water partition coefficient (Wildman–Crippen LogP) is 2.81. The van der Waals surface area contributed by atoms with Gasteiger partial charge in [0.15, 0.2) is 0 Å². The fourth-order valence-electron chi connectivity index (χ4n) is 2.74. The van der Waals surface area contributed by atoms with Crippen molar-refractivity contribution in [2.75, 3.05) is 0 Å². The minimum absolute atomic E-state index is 0.132. The number of thioether (sulfide) groups is 1. The van der Waals surface area contributed by atoms with E-state index in [1.165, 1.54) is 11.8 Å². The van der Waals surface area contributed by atoms with Crippen LogP contribution in [0, 0.1) is 13.8 Å². The molecule has 0 amide bonds. The number of fused-ring (bicyclic) bond motifs is 1. The Balaban J connectivity index is 1.63. The van der Waals surface area contributed by atoms with Crippen molar-refractivity contribution in [3.05, 3.63) is 69.8 Å². The Morgan fingerprint density at radius 1 is 1.15 bits per heavy atom. The van der Waals surface area contributed by atoms with Gasteiger partial charge in [0.2, 0.25) is 5.16 Å². The summed E-state index contributed by atoms with van der Waals surface area (Å²) in [6, 6.07) is 13.5. The van der Waals surface area contributed by atoms with E-state index in [0.717, 1.165) is 22.3 Å². The van der Waals surface area contributed by atoms with Crippen molar-refractivity contribution in [3.8, 4) is 5.69 Å². The van der Waals surface area contributed by atoms with Gasteiger partial charge in [0.25, 0.3) is 5.56 Å². The molecule has 2 aromatic heterocycles. The van der Waals surface area contributed by atoms with E-state index in [1.807, 2.05) is 50.2 Å². The van der Waals surface area contributed by atoms with Crippen LogP contribution in [0.25, 0.3) is 16.6 Å². The summed E-state index contributed by atoms with van der Waals surface area (Å²) in [5, 5.41) is 13.2. The Labute approximate surface area is 153 Å². The fraction of sp³-hybridized carbons (Fsp3) is 0.167. The summed E-state index contributed by atoms with van der Waals surface area (Å²) in [6.07, 6.45) is 0. The first-order chi connectivity index (χ1) is 12.6. The SMILES string of the molecule is Cc1cccc(-n2nnnc2SCc2nc3c(C)cccc3c(=O)[nH]2)c1. The van der Waals surface area contributed by atoms with E-state index in [-0.39, 0.29) is 5.56 Å². The second-order valence-electron chi connectivity index (χ2n) is 5.98. The van der Waals surface area contributed by atoms with E-state index in [0.29, 0.717) is 22.1 Å². The Hall–Kier alpha value is -3.00. The summed E-state index contributed by atoms with van der Waals surface area (Å²) in [5.41, 5.74) is 3.60. The lowest BCUT2D eigenvalue weighted by Gasteiger charge is -2.06. The maximum Gasteiger partial charge on any atom is 0.258 e. The van der Waals surface area contributed by atoms with Crippen molar-refractivity contribution in [2.45, 2.75) is 24.8 Å². The number of para-hydroxylation sites is 1. The van der Waals surface area contributed by atoms with Crippen LogP contribution in [0.1, 0.15) is 17.0 Å². The van der Waals surface area contributed by atoms with Gasteiger partial charge < -0.3 is 4.98 Å². The maximum absolute atomic E-state index is 12.3. The van der Waals surface area contributed by atoms with Crippen molar-refractivity contribution in [1.29, 1.82) is 0 Å². The van der Waals surface area contributed by atoms with Gasteiger partial charge in [0.05, 0.1) is 22.3 Å². The van der Waals surface area contributed by atoms with Crippen LogP contribution in [-0.2, 0) is 5.75 Å². The molecule has 4 aromatic rings. The monoisotopic (exact) mass is 364 g/mol. The van der Waals surface area contributed by atoms with Gasteiger partial charge in [-0.25, -0.2) is 4.98 Å². The minimum Gasteiger partial charge on any atom is -0.309 e. The summed E-state index contributed by atoms with van der Waals surface area (Å²) >= 11 is 1.42. The molecule has 0 radical (unpaired) electrons. The zero-order chi connectivity index (χ0) is 18.1. The molecule has 0 fully saturated rings. The summed E-state index contributed by atoms with van der Waals surface area (Å²) in [5.74, 6) is 1.06. The summed E-state index contributed by atoms with van der Waals surface area (Å²) in [4.78, 5) is 19.7. The number of aryl methyl sites for hydroxylation is 2. The molecular weight excluding hydrogens is 348 g/mol. The third-order valence-corrected chi connectivity index (χ3v) is 4.94. The van der Waals surface area contributed by atoms with Crippen LogP contribution in [0.15, 0.2) is 52.4 Å². The van der Waals surface area contributed by atoms with Crippen LogP contribution < -0.4 is 5.56 Å². The van der Waals surface area contributed by atoms with Gasteiger partial charge in [0, 0.05) is 0 Å². The topological polar surface area (TPSA) is 89.3 Å². The molecule has 0 bridgehead atoms. The first-order valence-electron chi connectivity index (χ1n) is 8.08. The van der Waals surface area contributed by atoms with Crippen LogP contribution in [0.2, 0.25) is 0 Å². The second kappa shape index (κ2) is 6.72. The molecule has 4 rings (SSSR count). The number of nitrogens with zero attached hydrogens (tertiary/aromatic N) is 5. The molecule has 0 spiro atoms. The lowest BCUT2D eigenvalue weighted by Crippen LogP contribution is -2.12. The first kappa shape index (κ1) is 16.5. The van der Waals surface area contributed by atoms with Gasteiger partial charge in [-0.05, 0) is 53.6 Å². The van der Waals surface area contributed by atoms with E-state index in [4.69, 9.17) is 0 Å². The molecular formula is C18H16N6OS. The number of hydrogen-bond donors (Lipinski definition) is 1. The van der Waals surface area contributed by atoms with Crippen molar-refractivity contribution >= 4 is 22.7 Å². The minimum atomic E-state index is -0.132. The highest BCUT2D eigenvalue weighted by atomic mass is 32.2. The zero-order valence-corrected chi connectivity index (χ0v) is 15.1. The molecule has 0 saturated heterocycles. The highest BCUT2D eigenvalue weighted by Crippen LogP contribution is 2.22. The molecule has 0 aliphatic carbocycles. The third-order valence-electron chi connectivity index (χ3n) is 4.01. The number of hydrogen-bond acceptors (Lipinski definition) is 6. The van der Waals surface area contributed by atoms with E-state index < -0.39 is 0 Å². The van der Waals surface area contributed by atoms with Gasteiger partial charge in [-0.2, -0.15) is 4.68 Å². The van der Waals surface area contributed by atoms with Crippen molar-refractivity contribution in [3.63, 3.8) is 0 Å². The smallest absolute Gasteiger partial charge is 0.258 e. The number of H-pyrrole nitrogens is 1. The highest BCUT2D eigenvalue weighted by molar-refractivity contribution is 7.98. The molecule has 0 aliphatic heterocycles. The number of benzene rings is 2. The van der Waals surface area contributed by atoms with E-state index >= 15 is 0 Å². The largest absolute Gasteiger partial charge is 0.309 e. The fourth-order valence-corrected chi connectivity index (χ4v) is 3.50. The van der Waals surface area contributed by atoms with Crippen LogP contribution in [0.5, 0.6) is 0 Å². The van der Waals surface area contributed by atoms with Gasteiger partial charge in [0.1, 0.15) is 5.82 Å². The zero-order valence-electron chi connectivity index (χ0n) is 14.3. The van der Waals surface area contributed by atoms with Gasteiger partial charge in [-0.3, -0.25) is 4.79 Å². The van der Waals surface area contributed by atoms with Crippen molar-refractivity contribution < 1.29 is 0 Å². The van der Waals surface area contributed by atoms with E-state index in [2.05, 4.69) is 25.5 Å². The predicted molar refractivity (Wildman–Crippen MR) is 101 cm³/mol. The lowest BCUT2D eigenvalue weighted by atomic mass is 10.1. The van der Waals surface area contributed by atoms with Crippen molar-refractivity contribution in [1.82, 2.24) is 30.2 Å². The van der Waals surface area contributed by atoms with Gasteiger partial charge >= 0.3 is 0 Å². The van der Waals surface area contributed by atoms with Crippen LogP contribution in [0.4, 0.5) is 0 Å². The van der Waals surface area contributed by atoms with E-state index in [1.54, 1.807) is 10.7 Å². The molecule has 130 valence electrons. The van der Waals surface area contributed by atoms with E-state index in [9.17, 15) is 4.79 Å². The van der Waals surface area contributed by atoms with Gasteiger partial charge in [-0.15, -0.1) is 5.10 Å². The molecule has 0 unspecified atom stereocenters. The molecule has 0 saturated carbocycles. The number of aromatic nitrogens is 6. The summed E-state index contributed by atoms with van der Waals surface area (Å²) in [6.45, 7) is 3.97. The first-order valence-corrected chi connectivity index (χ1v) is 9.07. The molecule has 26 heavy (non-hydrogen) atoms. The Kier molecular flexibility index (Phi) is 4.26. The van der Waals surface area contributed by atoms with Crippen molar-refractivity contribution in [2.24, 2.45) is 0 Å². The average Bonchev–Trinajstić information content (AvgIpc) is 3.09. The molecule has 0 aliphatic rings. The molecule has 1 N–H and O–H groups in total. The average molecular weight is 364 g/mol. The van der Waals surface area contributed by atoms with Crippen LogP contribution in [0.3, 0.4) is 0 Å². The normalized spacial score (nSPS) is 11.2. The highest BCUT2D eigenvalue weighted by Gasteiger charge is 2.11. The second-order valence-corrected chi connectivity index (χ2v) is 6.93. The number of rotatable bonds is 4. The molecule has 2 aromatic carbocycles. The molecule has 0 atom stereocenters. The maximum atomic E-state index is 12.3. The number of aromatic amines is 1. The quantitative estimate of drug-likeness (QED) is 0.560. The molecule has 7 nitrogen and oxygen atoms in total. The molecule has 2 heterocycles. The lowest BCUT2D eigenvalue weighted by molar-refractivity contribution is 0.755. The van der Waals surface area contributed by atoms with Crippen LogP contribution >= 0.6 is 11.8 Å². The molecule has 8 heteroatoms.